The first kappa shape index (κ1) is 19.5. The second-order valence-electron chi connectivity index (χ2n) is 5.99. The number of rotatable bonds is 4. The Kier molecular flexibility index (Phi) is 7.29. The van der Waals surface area contributed by atoms with E-state index in [1.54, 1.807) is 26.0 Å². The number of ether oxygens (including phenoxy) is 2. The smallest absolute Gasteiger partial charge is 0.338 e. The molecule has 1 aromatic rings. The van der Waals surface area contributed by atoms with E-state index < -0.39 is 20.0 Å². The van der Waals surface area contributed by atoms with Gasteiger partial charge in [-0.15, -0.1) is 5.54 Å². The van der Waals surface area contributed by atoms with E-state index in [4.69, 9.17) is 9.47 Å². The molecule has 24 heavy (non-hydrogen) atoms. The topological polar surface area (TPSA) is 52.6 Å². The van der Waals surface area contributed by atoms with E-state index in [9.17, 15) is 9.59 Å². The van der Waals surface area contributed by atoms with Crippen molar-refractivity contribution in [1.82, 2.24) is 0 Å². The van der Waals surface area contributed by atoms with Crippen LogP contribution in [0.2, 0.25) is 19.6 Å². The van der Waals surface area contributed by atoms with Crippen LogP contribution < -0.4 is 0 Å². The van der Waals surface area contributed by atoms with Gasteiger partial charge in [0.1, 0.15) is 8.07 Å². The third-order valence-corrected chi connectivity index (χ3v) is 3.54. The van der Waals surface area contributed by atoms with Crippen LogP contribution in [0.4, 0.5) is 0 Å². The van der Waals surface area contributed by atoms with Crippen molar-refractivity contribution in [3.63, 3.8) is 0 Å². The summed E-state index contributed by atoms with van der Waals surface area (Å²) in [6.45, 7) is 10.3. The van der Waals surface area contributed by atoms with Gasteiger partial charge in [-0.2, -0.15) is 0 Å². The van der Waals surface area contributed by atoms with Gasteiger partial charge in [0.15, 0.2) is 0 Å². The molecular formula is C19H22O4Si. The fraction of sp³-hybridized carbons (Fsp3) is 0.368. The normalized spacial score (nSPS) is 9.88. The Morgan fingerprint density at radius 2 is 1.42 bits per heavy atom. The summed E-state index contributed by atoms with van der Waals surface area (Å²) in [5.74, 6) is 7.49. The standard InChI is InChI=1S/C19H22O4Si/c1-6-22-18(20)16-12-15(10-8-9-11-24(3,4)5)13-17(14-16)19(21)23-7-2/h12-14H,6-7H2,1-5H3. The van der Waals surface area contributed by atoms with E-state index in [1.165, 1.54) is 6.07 Å². The van der Waals surface area contributed by atoms with Crippen LogP contribution >= 0.6 is 0 Å². The third kappa shape index (κ3) is 6.72. The lowest BCUT2D eigenvalue weighted by Gasteiger charge is -2.06. The number of esters is 2. The molecule has 0 spiro atoms. The minimum absolute atomic E-state index is 0.255. The van der Waals surface area contributed by atoms with Crippen molar-refractivity contribution < 1.29 is 19.1 Å². The van der Waals surface area contributed by atoms with Crippen molar-refractivity contribution >= 4 is 20.0 Å². The number of carbonyl (C=O) groups excluding carboxylic acids is 2. The molecule has 0 N–H and O–H groups in total. The minimum atomic E-state index is -1.49. The highest BCUT2D eigenvalue weighted by Gasteiger charge is 2.14. The summed E-state index contributed by atoms with van der Waals surface area (Å²) in [6.07, 6.45) is 0. The first-order valence-corrected chi connectivity index (χ1v) is 11.3. The molecule has 1 aromatic carbocycles. The highest BCUT2D eigenvalue weighted by molar-refractivity contribution is 6.83. The van der Waals surface area contributed by atoms with Gasteiger partial charge in [-0.1, -0.05) is 25.6 Å². The number of benzene rings is 1. The van der Waals surface area contributed by atoms with Gasteiger partial charge in [-0.25, -0.2) is 9.59 Å². The summed E-state index contributed by atoms with van der Waals surface area (Å²) in [6, 6.07) is 4.63. The summed E-state index contributed by atoms with van der Waals surface area (Å²) < 4.78 is 9.97. The molecule has 0 unspecified atom stereocenters. The Bertz CT molecular complexity index is 700. The second kappa shape index (κ2) is 8.96. The molecule has 0 aliphatic heterocycles. The van der Waals surface area contributed by atoms with Crippen LogP contribution in [0.1, 0.15) is 40.1 Å². The third-order valence-electron chi connectivity index (χ3n) is 2.66. The van der Waals surface area contributed by atoms with E-state index in [1.807, 2.05) is 0 Å². The molecule has 0 radical (unpaired) electrons. The zero-order valence-corrected chi connectivity index (χ0v) is 15.8. The van der Waals surface area contributed by atoms with Crippen LogP contribution in [0.5, 0.6) is 0 Å². The predicted molar refractivity (Wildman–Crippen MR) is 96.4 cm³/mol. The lowest BCUT2D eigenvalue weighted by Crippen LogP contribution is -2.16. The molecular weight excluding hydrogens is 320 g/mol. The predicted octanol–water partition coefficient (Wildman–Crippen LogP) is 3.27. The van der Waals surface area contributed by atoms with Crippen molar-refractivity contribution in [1.29, 1.82) is 0 Å². The van der Waals surface area contributed by atoms with Gasteiger partial charge in [0.05, 0.1) is 24.3 Å². The molecule has 4 nitrogen and oxygen atoms in total. The van der Waals surface area contributed by atoms with Gasteiger partial charge in [-0.05, 0) is 43.9 Å². The zero-order valence-electron chi connectivity index (χ0n) is 14.8. The van der Waals surface area contributed by atoms with Gasteiger partial charge < -0.3 is 9.47 Å². The Morgan fingerprint density at radius 1 is 0.917 bits per heavy atom. The maximum absolute atomic E-state index is 11.9. The molecule has 5 heteroatoms. The number of hydrogen-bond acceptors (Lipinski definition) is 4. The van der Waals surface area contributed by atoms with Crippen molar-refractivity contribution in [2.45, 2.75) is 33.5 Å². The molecule has 0 bridgehead atoms. The number of hydrogen-bond donors (Lipinski definition) is 0. The lowest BCUT2D eigenvalue weighted by molar-refractivity contribution is 0.0525. The fourth-order valence-electron chi connectivity index (χ4n) is 1.69. The van der Waals surface area contributed by atoms with Gasteiger partial charge in [0, 0.05) is 5.56 Å². The number of carbonyl (C=O) groups is 2. The Labute approximate surface area is 144 Å². The molecule has 0 saturated heterocycles. The maximum Gasteiger partial charge on any atom is 0.338 e. The second-order valence-corrected chi connectivity index (χ2v) is 10.7. The molecule has 0 amide bonds. The van der Waals surface area contributed by atoms with Crippen LogP contribution in [-0.4, -0.2) is 33.2 Å². The van der Waals surface area contributed by atoms with E-state index in [2.05, 4.69) is 42.9 Å². The Balaban J connectivity index is 3.23. The molecule has 0 atom stereocenters. The molecule has 0 fully saturated rings. The Hall–Kier alpha value is -2.50. The quantitative estimate of drug-likeness (QED) is 0.479. The average Bonchev–Trinajstić information content (AvgIpc) is 2.51. The summed E-state index contributed by atoms with van der Waals surface area (Å²) in [5, 5.41) is 0. The van der Waals surface area contributed by atoms with Crippen molar-refractivity contribution in [3.05, 3.63) is 34.9 Å². The minimum Gasteiger partial charge on any atom is -0.462 e. The van der Waals surface area contributed by atoms with Crippen LogP contribution in [-0.2, 0) is 9.47 Å². The van der Waals surface area contributed by atoms with E-state index >= 15 is 0 Å². The van der Waals surface area contributed by atoms with Gasteiger partial charge in [0.2, 0.25) is 0 Å². The molecule has 0 aromatic heterocycles. The molecule has 0 saturated carbocycles. The molecule has 0 aliphatic rings. The molecule has 1 rings (SSSR count). The highest BCUT2D eigenvalue weighted by atomic mass is 28.3. The fourth-order valence-corrected chi connectivity index (χ4v) is 2.12. The largest absolute Gasteiger partial charge is 0.462 e. The highest BCUT2D eigenvalue weighted by Crippen LogP contribution is 2.13. The summed E-state index contributed by atoms with van der Waals surface area (Å²) >= 11 is 0. The zero-order chi connectivity index (χ0) is 18.2. The van der Waals surface area contributed by atoms with Crippen LogP contribution in [0.3, 0.4) is 0 Å². The van der Waals surface area contributed by atoms with E-state index in [-0.39, 0.29) is 24.3 Å². The maximum atomic E-state index is 11.9. The molecule has 126 valence electrons. The average molecular weight is 342 g/mol. The van der Waals surface area contributed by atoms with Crippen molar-refractivity contribution in [3.8, 4) is 23.3 Å². The van der Waals surface area contributed by atoms with Gasteiger partial charge in [0.25, 0.3) is 0 Å². The first-order chi connectivity index (χ1) is 11.3. The van der Waals surface area contributed by atoms with Crippen LogP contribution in [0.15, 0.2) is 18.2 Å². The van der Waals surface area contributed by atoms with Gasteiger partial charge in [-0.3, -0.25) is 0 Å². The Morgan fingerprint density at radius 3 is 1.83 bits per heavy atom. The molecule has 0 heterocycles. The first-order valence-electron chi connectivity index (χ1n) is 7.79. The lowest BCUT2D eigenvalue weighted by atomic mass is 10.1. The van der Waals surface area contributed by atoms with Crippen molar-refractivity contribution in [2.24, 2.45) is 0 Å². The molecule has 0 aliphatic carbocycles. The SMILES string of the molecule is CCOC(=O)c1cc(C#CC#C[Si](C)(C)C)cc(C(=O)OCC)c1. The van der Waals surface area contributed by atoms with Gasteiger partial charge >= 0.3 is 11.9 Å². The van der Waals surface area contributed by atoms with Crippen LogP contribution in [0.25, 0.3) is 0 Å². The van der Waals surface area contributed by atoms with Crippen LogP contribution in [0, 0.1) is 23.3 Å². The van der Waals surface area contributed by atoms with Crippen molar-refractivity contribution in [2.75, 3.05) is 13.2 Å². The summed E-state index contributed by atoms with van der Waals surface area (Å²) in [7, 11) is -1.49. The summed E-state index contributed by atoms with van der Waals surface area (Å²) in [4.78, 5) is 23.9. The monoisotopic (exact) mass is 342 g/mol. The summed E-state index contributed by atoms with van der Waals surface area (Å²) in [5.41, 5.74) is 4.20. The van der Waals surface area contributed by atoms with E-state index in [0.717, 1.165) is 0 Å². The van der Waals surface area contributed by atoms with E-state index in [0.29, 0.717) is 5.56 Å².